The van der Waals surface area contributed by atoms with Gasteiger partial charge in [0, 0.05) is 0 Å². The lowest BCUT2D eigenvalue weighted by atomic mass is 9.97. The van der Waals surface area contributed by atoms with E-state index in [1.807, 2.05) is 0 Å². The fourth-order valence-electron chi connectivity index (χ4n) is 2.65. The number of methoxy groups -OCH3 is 2. The van der Waals surface area contributed by atoms with Crippen molar-refractivity contribution < 1.29 is 14.6 Å². The van der Waals surface area contributed by atoms with Gasteiger partial charge in [-0.25, -0.2) is 4.98 Å². The number of aromatic nitrogens is 2. The molecule has 1 atom stereocenters. The molecule has 0 aliphatic carbocycles. The molecule has 0 spiro atoms. The standard InChI is InChI=1S/C21H19N5O3/c1-28-19-8-5-15(9-20(19)29-2)17(10-22)18-12-23-13-21(25-18)26-24-11-14-3-6-16(27)7-4-14/h3-9,11-13,17,27H,1-2H3,(H,25,26). The second-order valence-electron chi connectivity index (χ2n) is 5.97. The van der Waals surface area contributed by atoms with E-state index in [4.69, 9.17) is 9.47 Å². The number of benzene rings is 2. The smallest absolute Gasteiger partial charge is 0.165 e. The summed E-state index contributed by atoms with van der Waals surface area (Å²) in [6, 6.07) is 14.1. The molecule has 0 fully saturated rings. The molecule has 146 valence electrons. The van der Waals surface area contributed by atoms with E-state index in [1.165, 1.54) is 6.20 Å². The predicted octanol–water partition coefficient (Wildman–Crippen LogP) is 3.30. The van der Waals surface area contributed by atoms with Crippen LogP contribution in [-0.2, 0) is 0 Å². The Morgan fingerprint density at radius 2 is 1.86 bits per heavy atom. The highest BCUT2D eigenvalue weighted by atomic mass is 16.5. The number of rotatable bonds is 7. The Morgan fingerprint density at radius 1 is 1.10 bits per heavy atom. The molecule has 1 aromatic heterocycles. The fourth-order valence-corrected chi connectivity index (χ4v) is 2.65. The van der Waals surface area contributed by atoms with E-state index in [0.29, 0.717) is 28.6 Å². The number of nitriles is 1. The number of hydrogen-bond donors (Lipinski definition) is 2. The highest BCUT2D eigenvalue weighted by Gasteiger charge is 2.18. The maximum atomic E-state index is 9.70. The molecule has 2 N–H and O–H groups in total. The van der Waals surface area contributed by atoms with E-state index in [-0.39, 0.29) is 5.75 Å². The monoisotopic (exact) mass is 389 g/mol. The van der Waals surface area contributed by atoms with E-state index in [1.54, 1.807) is 69.1 Å². The summed E-state index contributed by atoms with van der Waals surface area (Å²) in [7, 11) is 3.10. The molecule has 0 aliphatic rings. The van der Waals surface area contributed by atoms with E-state index in [9.17, 15) is 10.4 Å². The van der Waals surface area contributed by atoms with Gasteiger partial charge >= 0.3 is 0 Å². The number of hydrazone groups is 1. The van der Waals surface area contributed by atoms with Gasteiger partial charge < -0.3 is 14.6 Å². The zero-order valence-electron chi connectivity index (χ0n) is 15.9. The Bertz CT molecular complexity index is 1040. The summed E-state index contributed by atoms with van der Waals surface area (Å²) in [6.07, 6.45) is 4.64. The van der Waals surface area contributed by atoms with Crippen molar-refractivity contribution in [2.45, 2.75) is 5.92 Å². The maximum absolute atomic E-state index is 9.70. The van der Waals surface area contributed by atoms with Crippen LogP contribution in [0.2, 0.25) is 0 Å². The number of nitrogens with one attached hydrogen (secondary N) is 1. The van der Waals surface area contributed by atoms with Crippen LogP contribution in [-0.4, -0.2) is 35.5 Å². The van der Waals surface area contributed by atoms with Crippen molar-refractivity contribution in [3.8, 4) is 23.3 Å². The second kappa shape index (κ2) is 9.19. The first-order valence-corrected chi connectivity index (χ1v) is 8.66. The summed E-state index contributed by atoms with van der Waals surface area (Å²) in [5.74, 6) is 1.07. The molecule has 0 aliphatic heterocycles. The highest BCUT2D eigenvalue weighted by Crippen LogP contribution is 2.32. The minimum atomic E-state index is -0.634. The lowest BCUT2D eigenvalue weighted by molar-refractivity contribution is 0.354. The number of anilines is 1. The Balaban J connectivity index is 1.80. The Kier molecular flexibility index (Phi) is 6.22. The first-order chi connectivity index (χ1) is 14.1. The van der Waals surface area contributed by atoms with Gasteiger partial charge in [-0.2, -0.15) is 10.4 Å². The molecule has 8 heteroatoms. The van der Waals surface area contributed by atoms with Crippen LogP contribution >= 0.6 is 0 Å². The van der Waals surface area contributed by atoms with Gasteiger partial charge in [-0.15, -0.1) is 0 Å². The number of aromatic hydroxyl groups is 1. The molecule has 0 saturated carbocycles. The summed E-state index contributed by atoms with van der Waals surface area (Å²) >= 11 is 0. The van der Waals surface area contributed by atoms with Crippen LogP contribution < -0.4 is 14.9 Å². The molecule has 0 amide bonds. The van der Waals surface area contributed by atoms with Crippen LogP contribution in [0.25, 0.3) is 0 Å². The third kappa shape index (κ3) is 4.78. The summed E-state index contributed by atoms with van der Waals surface area (Å²) in [5.41, 5.74) is 4.79. The van der Waals surface area contributed by atoms with Crippen molar-refractivity contribution in [3.05, 3.63) is 71.7 Å². The largest absolute Gasteiger partial charge is 0.508 e. The average molecular weight is 389 g/mol. The molecule has 2 aromatic carbocycles. The SMILES string of the molecule is COc1ccc(C(C#N)c2cncc(NN=Cc3ccc(O)cc3)n2)cc1OC. The van der Waals surface area contributed by atoms with Gasteiger partial charge in [0.2, 0.25) is 0 Å². The minimum absolute atomic E-state index is 0.186. The van der Waals surface area contributed by atoms with Crippen LogP contribution in [0.5, 0.6) is 17.2 Å². The fraction of sp³-hybridized carbons (Fsp3) is 0.143. The molecule has 0 saturated heterocycles. The van der Waals surface area contributed by atoms with Gasteiger partial charge in [0.25, 0.3) is 0 Å². The Hall–Kier alpha value is -4.12. The molecule has 3 aromatic rings. The second-order valence-corrected chi connectivity index (χ2v) is 5.97. The summed E-state index contributed by atoms with van der Waals surface area (Å²) in [4.78, 5) is 8.60. The van der Waals surface area contributed by atoms with E-state index < -0.39 is 5.92 Å². The third-order valence-electron chi connectivity index (χ3n) is 4.10. The van der Waals surface area contributed by atoms with Crippen LogP contribution in [0.3, 0.4) is 0 Å². The topological polar surface area (TPSA) is 113 Å². The van der Waals surface area contributed by atoms with Crippen molar-refractivity contribution in [2.24, 2.45) is 5.10 Å². The summed E-state index contributed by atoms with van der Waals surface area (Å²) in [5, 5.41) is 23.1. The number of nitrogens with zero attached hydrogens (tertiary/aromatic N) is 4. The third-order valence-corrected chi connectivity index (χ3v) is 4.10. The van der Waals surface area contributed by atoms with Gasteiger partial charge in [0.15, 0.2) is 17.3 Å². The molecule has 29 heavy (non-hydrogen) atoms. The molecular formula is C21H19N5O3. The predicted molar refractivity (Wildman–Crippen MR) is 108 cm³/mol. The van der Waals surface area contributed by atoms with E-state index in [0.717, 1.165) is 5.56 Å². The zero-order valence-corrected chi connectivity index (χ0v) is 15.9. The van der Waals surface area contributed by atoms with Crippen LogP contribution in [0.15, 0.2) is 60.0 Å². The van der Waals surface area contributed by atoms with Gasteiger partial charge in [-0.1, -0.05) is 6.07 Å². The van der Waals surface area contributed by atoms with Crippen molar-refractivity contribution >= 4 is 12.0 Å². The normalized spacial score (nSPS) is 11.6. The molecule has 1 heterocycles. The maximum Gasteiger partial charge on any atom is 0.165 e. The van der Waals surface area contributed by atoms with E-state index in [2.05, 4.69) is 26.6 Å². The highest BCUT2D eigenvalue weighted by molar-refractivity contribution is 5.80. The van der Waals surface area contributed by atoms with Gasteiger partial charge in [0.1, 0.15) is 11.7 Å². The number of hydrogen-bond acceptors (Lipinski definition) is 8. The molecule has 8 nitrogen and oxygen atoms in total. The Morgan fingerprint density at radius 3 is 2.55 bits per heavy atom. The Labute approximate surface area is 168 Å². The quantitative estimate of drug-likeness (QED) is 0.471. The van der Waals surface area contributed by atoms with Crippen LogP contribution in [0.4, 0.5) is 5.82 Å². The lowest BCUT2D eigenvalue weighted by Crippen LogP contribution is -2.05. The number of ether oxygens (including phenoxy) is 2. The van der Waals surface area contributed by atoms with Crippen molar-refractivity contribution in [3.63, 3.8) is 0 Å². The number of phenols is 1. The molecular weight excluding hydrogens is 370 g/mol. The zero-order chi connectivity index (χ0) is 20.6. The van der Waals surface area contributed by atoms with Gasteiger partial charge in [-0.05, 0) is 47.5 Å². The molecule has 1 unspecified atom stereocenters. The summed E-state index contributed by atoms with van der Waals surface area (Å²) < 4.78 is 10.6. The van der Waals surface area contributed by atoms with Crippen molar-refractivity contribution in [1.82, 2.24) is 9.97 Å². The van der Waals surface area contributed by atoms with Crippen molar-refractivity contribution in [2.75, 3.05) is 19.6 Å². The minimum Gasteiger partial charge on any atom is -0.508 e. The van der Waals surface area contributed by atoms with Crippen LogP contribution in [0.1, 0.15) is 22.7 Å². The lowest BCUT2D eigenvalue weighted by Gasteiger charge is -2.13. The van der Waals surface area contributed by atoms with Crippen molar-refractivity contribution in [1.29, 1.82) is 5.26 Å². The van der Waals surface area contributed by atoms with Crippen LogP contribution in [0, 0.1) is 11.3 Å². The average Bonchev–Trinajstić information content (AvgIpc) is 2.76. The summed E-state index contributed by atoms with van der Waals surface area (Å²) in [6.45, 7) is 0. The number of phenolic OH excluding ortho intramolecular Hbond substituents is 1. The first-order valence-electron chi connectivity index (χ1n) is 8.66. The molecule has 0 radical (unpaired) electrons. The molecule has 3 rings (SSSR count). The van der Waals surface area contributed by atoms with Gasteiger partial charge in [0.05, 0.1) is 44.6 Å². The first kappa shape index (κ1) is 19.6. The van der Waals surface area contributed by atoms with E-state index >= 15 is 0 Å². The van der Waals surface area contributed by atoms with Gasteiger partial charge in [-0.3, -0.25) is 10.4 Å². The molecule has 0 bridgehead atoms.